The van der Waals surface area contributed by atoms with Crippen LogP contribution in [0, 0.1) is 5.82 Å². The number of rotatable bonds is 2. The molecule has 0 aliphatic carbocycles. The van der Waals surface area contributed by atoms with E-state index in [9.17, 15) is 4.39 Å². The van der Waals surface area contributed by atoms with Crippen molar-refractivity contribution in [2.24, 2.45) is 0 Å². The normalized spacial score (nSPS) is 10.4. The SMILES string of the molecule is Fc1ccc(Br)c(Nc2cc(Cl)nnc2Cl)c1. The molecule has 0 aliphatic heterocycles. The van der Waals surface area contributed by atoms with Gasteiger partial charge in [0.2, 0.25) is 0 Å². The molecule has 2 rings (SSSR count). The summed E-state index contributed by atoms with van der Waals surface area (Å²) < 4.78 is 13.8. The van der Waals surface area contributed by atoms with Crippen molar-refractivity contribution in [2.45, 2.75) is 0 Å². The molecule has 3 nitrogen and oxygen atoms in total. The van der Waals surface area contributed by atoms with Crippen molar-refractivity contribution < 1.29 is 4.39 Å². The Kier molecular flexibility index (Phi) is 3.81. The summed E-state index contributed by atoms with van der Waals surface area (Å²) in [6.07, 6.45) is 0. The predicted molar refractivity (Wildman–Crippen MR) is 69.4 cm³/mol. The quantitative estimate of drug-likeness (QED) is 0.881. The molecule has 7 heteroatoms. The highest BCUT2D eigenvalue weighted by atomic mass is 79.9. The summed E-state index contributed by atoms with van der Waals surface area (Å²) in [5.41, 5.74) is 0.980. The minimum absolute atomic E-state index is 0.158. The standard InChI is InChI=1S/C10H5BrCl2FN3/c11-6-2-1-5(14)3-7(6)15-8-4-9(12)16-17-10(8)13/h1-4H,(H,15,16). The Bertz CT molecular complexity index is 516. The molecule has 1 N–H and O–H groups in total. The number of hydrogen-bond donors (Lipinski definition) is 1. The molecular weight excluding hydrogens is 332 g/mol. The van der Waals surface area contributed by atoms with E-state index in [-0.39, 0.29) is 16.1 Å². The maximum atomic E-state index is 13.1. The van der Waals surface area contributed by atoms with Gasteiger partial charge in [0, 0.05) is 10.5 Å². The first-order chi connectivity index (χ1) is 8.06. The van der Waals surface area contributed by atoms with Gasteiger partial charge < -0.3 is 5.32 Å². The van der Waals surface area contributed by atoms with E-state index in [2.05, 4.69) is 31.4 Å². The van der Waals surface area contributed by atoms with Crippen LogP contribution in [0.4, 0.5) is 15.8 Å². The Morgan fingerprint density at radius 1 is 1.12 bits per heavy atom. The lowest BCUT2D eigenvalue weighted by Crippen LogP contribution is -1.96. The van der Waals surface area contributed by atoms with Crippen LogP contribution in [-0.4, -0.2) is 10.2 Å². The van der Waals surface area contributed by atoms with Gasteiger partial charge in [-0.15, -0.1) is 10.2 Å². The zero-order chi connectivity index (χ0) is 12.4. The zero-order valence-corrected chi connectivity index (χ0v) is 11.3. The van der Waals surface area contributed by atoms with Gasteiger partial charge >= 0.3 is 0 Å². The molecule has 0 bridgehead atoms. The first-order valence-corrected chi connectivity index (χ1v) is 6.02. The van der Waals surface area contributed by atoms with Crippen LogP contribution in [0.3, 0.4) is 0 Å². The zero-order valence-electron chi connectivity index (χ0n) is 8.22. The third-order valence-corrected chi connectivity index (χ3v) is 3.07. The fourth-order valence-electron chi connectivity index (χ4n) is 1.18. The van der Waals surface area contributed by atoms with Crippen molar-refractivity contribution >= 4 is 50.5 Å². The summed E-state index contributed by atoms with van der Waals surface area (Å²) in [6, 6.07) is 5.76. The van der Waals surface area contributed by atoms with Crippen LogP contribution in [0.15, 0.2) is 28.7 Å². The van der Waals surface area contributed by atoms with E-state index < -0.39 is 0 Å². The largest absolute Gasteiger partial charge is 0.352 e. The first kappa shape index (κ1) is 12.5. The minimum Gasteiger partial charge on any atom is -0.352 e. The van der Waals surface area contributed by atoms with Crippen LogP contribution < -0.4 is 5.32 Å². The monoisotopic (exact) mass is 335 g/mol. The van der Waals surface area contributed by atoms with E-state index in [1.807, 2.05) is 0 Å². The lowest BCUT2D eigenvalue weighted by Gasteiger charge is -2.09. The molecule has 0 amide bonds. The van der Waals surface area contributed by atoms with E-state index in [1.165, 1.54) is 18.2 Å². The predicted octanol–water partition coefficient (Wildman–Crippen LogP) is 4.43. The minimum atomic E-state index is -0.361. The Morgan fingerprint density at radius 3 is 2.65 bits per heavy atom. The first-order valence-electron chi connectivity index (χ1n) is 4.47. The molecule has 0 aliphatic rings. The number of nitrogens with one attached hydrogen (secondary N) is 1. The second-order valence-corrected chi connectivity index (χ2v) is 4.72. The molecular formula is C10H5BrCl2FN3. The molecule has 0 radical (unpaired) electrons. The molecule has 1 heterocycles. The van der Waals surface area contributed by atoms with Gasteiger partial charge in [0.1, 0.15) is 5.82 Å². The van der Waals surface area contributed by atoms with E-state index in [1.54, 1.807) is 6.07 Å². The van der Waals surface area contributed by atoms with Crippen LogP contribution in [0.25, 0.3) is 0 Å². The third kappa shape index (κ3) is 3.06. The van der Waals surface area contributed by atoms with Gasteiger partial charge in [0.15, 0.2) is 10.3 Å². The summed E-state index contributed by atoms with van der Waals surface area (Å²) in [5.74, 6) is -0.361. The van der Waals surface area contributed by atoms with Gasteiger partial charge in [-0.25, -0.2) is 4.39 Å². The van der Waals surface area contributed by atoms with Crippen LogP contribution >= 0.6 is 39.1 Å². The fourth-order valence-corrected chi connectivity index (χ4v) is 1.81. The van der Waals surface area contributed by atoms with Gasteiger partial charge in [0.25, 0.3) is 0 Å². The summed E-state index contributed by atoms with van der Waals surface area (Å²) in [6.45, 7) is 0. The Balaban J connectivity index is 2.37. The average Bonchev–Trinajstić information content (AvgIpc) is 2.28. The topological polar surface area (TPSA) is 37.8 Å². The van der Waals surface area contributed by atoms with Crippen molar-refractivity contribution in [1.29, 1.82) is 0 Å². The number of halogens is 4. The molecule has 0 fully saturated rings. The highest BCUT2D eigenvalue weighted by molar-refractivity contribution is 9.10. The number of hydrogen-bond acceptors (Lipinski definition) is 3. The van der Waals surface area contributed by atoms with Gasteiger partial charge in [-0.3, -0.25) is 0 Å². The summed E-state index contributed by atoms with van der Waals surface area (Å²) in [5, 5.41) is 10.5. The van der Waals surface area contributed by atoms with Crippen molar-refractivity contribution in [2.75, 3.05) is 5.32 Å². The molecule has 2 aromatic rings. The molecule has 0 saturated heterocycles. The second kappa shape index (κ2) is 5.16. The average molecular weight is 337 g/mol. The molecule has 0 saturated carbocycles. The van der Waals surface area contributed by atoms with Gasteiger partial charge in [-0.2, -0.15) is 0 Å². The summed E-state index contributed by atoms with van der Waals surface area (Å²) >= 11 is 14.8. The van der Waals surface area contributed by atoms with Gasteiger partial charge in [-0.05, 0) is 34.1 Å². The number of benzene rings is 1. The lowest BCUT2D eigenvalue weighted by molar-refractivity contribution is 0.628. The molecule has 0 unspecified atom stereocenters. The Morgan fingerprint density at radius 2 is 1.88 bits per heavy atom. The van der Waals surface area contributed by atoms with E-state index in [4.69, 9.17) is 23.2 Å². The van der Waals surface area contributed by atoms with Crippen molar-refractivity contribution in [3.63, 3.8) is 0 Å². The van der Waals surface area contributed by atoms with Crippen LogP contribution in [0.2, 0.25) is 10.3 Å². The molecule has 0 spiro atoms. The molecule has 88 valence electrons. The van der Waals surface area contributed by atoms with Crippen LogP contribution in [0.5, 0.6) is 0 Å². The Labute approximate surface area is 115 Å². The van der Waals surface area contributed by atoms with E-state index >= 15 is 0 Å². The maximum absolute atomic E-state index is 13.1. The number of anilines is 2. The van der Waals surface area contributed by atoms with E-state index in [0.717, 1.165) is 0 Å². The van der Waals surface area contributed by atoms with Crippen molar-refractivity contribution in [3.05, 3.63) is 44.9 Å². The maximum Gasteiger partial charge on any atom is 0.175 e. The molecule has 1 aromatic heterocycles. The number of aromatic nitrogens is 2. The smallest absolute Gasteiger partial charge is 0.175 e. The van der Waals surface area contributed by atoms with Gasteiger partial charge in [-0.1, -0.05) is 23.2 Å². The highest BCUT2D eigenvalue weighted by Gasteiger charge is 2.07. The molecule has 1 aromatic carbocycles. The summed E-state index contributed by atoms with van der Waals surface area (Å²) in [4.78, 5) is 0. The van der Waals surface area contributed by atoms with Crippen molar-refractivity contribution in [1.82, 2.24) is 10.2 Å². The summed E-state index contributed by atoms with van der Waals surface area (Å²) in [7, 11) is 0. The van der Waals surface area contributed by atoms with Crippen LogP contribution in [-0.2, 0) is 0 Å². The van der Waals surface area contributed by atoms with Crippen molar-refractivity contribution in [3.8, 4) is 0 Å². The molecule has 17 heavy (non-hydrogen) atoms. The third-order valence-electron chi connectivity index (χ3n) is 1.92. The second-order valence-electron chi connectivity index (χ2n) is 3.12. The lowest BCUT2D eigenvalue weighted by atomic mass is 10.3. The van der Waals surface area contributed by atoms with Crippen LogP contribution in [0.1, 0.15) is 0 Å². The Hall–Kier alpha value is -0.910. The van der Waals surface area contributed by atoms with Gasteiger partial charge in [0.05, 0.1) is 11.4 Å². The van der Waals surface area contributed by atoms with E-state index in [0.29, 0.717) is 15.8 Å². The number of nitrogens with zero attached hydrogens (tertiary/aromatic N) is 2. The fraction of sp³-hybridized carbons (Fsp3) is 0. The highest BCUT2D eigenvalue weighted by Crippen LogP contribution is 2.30. The molecule has 0 atom stereocenters.